The van der Waals surface area contributed by atoms with E-state index in [2.05, 4.69) is 62.6 Å². The third-order valence-electron chi connectivity index (χ3n) is 2.48. The molecule has 0 bridgehead atoms. The van der Waals surface area contributed by atoms with Crippen LogP contribution in [0.5, 0.6) is 0 Å². The summed E-state index contributed by atoms with van der Waals surface area (Å²) < 4.78 is 0. The molecule has 0 radical (unpaired) electrons. The van der Waals surface area contributed by atoms with Crippen LogP contribution >= 0.6 is 15.9 Å². The average Bonchev–Trinajstić information content (AvgIpc) is 1.85. The van der Waals surface area contributed by atoms with Crippen molar-refractivity contribution in [3.63, 3.8) is 0 Å². The predicted octanol–water partition coefficient (Wildman–Crippen LogP) is 3.14. The van der Waals surface area contributed by atoms with E-state index in [4.69, 9.17) is 0 Å². The lowest BCUT2D eigenvalue weighted by Crippen LogP contribution is -2.42. The van der Waals surface area contributed by atoms with E-state index in [9.17, 15) is 0 Å². The molecule has 0 unspecified atom stereocenters. The van der Waals surface area contributed by atoms with Crippen molar-refractivity contribution in [3.8, 4) is 0 Å². The fraction of sp³-hybridized carbons (Fsp3) is 1.00. The average molecular weight is 236 g/mol. The monoisotopic (exact) mass is 235 g/mol. The molecule has 2 heteroatoms. The van der Waals surface area contributed by atoms with Crippen LogP contribution in [0.2, 0.25) is 0 Å². The molecule has 0 aromatic heterocycles. The molecule has 0 amide bonds. The summed E-state index contributed by atoms with van der Waals surface area (Å²) in [6.45, 7) is 9.18. The molecular weight excluding hydrogens is 214 g/mol. The van der Waals surface area contributed by atoms with E-state index < -0.39 is 0 Å². The molecule has 0 aliphatic rings. The summed E-state index contributed by atoms with van der Waals surface area (Å²) in [4.78, 5) is 2.29. The number of rotatable bonds is 4. The quantitative estimate of drug-likeness (QED) is 0.678. The smallest absolute Gasteiger partial charge is 0.0152 e. The molecule has 0 aliphatic heterocycles. The third-order valence-corrected chi connectivity index (χ3v) is 4.00. The van der Waals surface area contributed by atoms with Crippen LogP contribution in [0.25, 0.3) is 0 Å². The van der Waals surface area contributed by atoms with Gasteiger partial charge in [0.15, 0.2) is 0 Å². The maximum atomic E-state index is 3.55. The lowest BCUT2D eigenvalue weighted by molar-refractivity contribution is 0.132. The highest BCUT2D eigenvalue weighted by molar-refractivity contribution is 9.09. The zero-order valence-corrected chi connectivity index (χ0v) is 10.8. The van der Waals surface area contributed by atoms with Gasteiger partial charge in [0.25, 0.3) is 0 Å². The van der Waals surface area contributed by atoms with Gasteiger partial charge in [-0.1, -0.05) is 29.8 Å². The Morgan fingerprint density at radius 1 is 1.08 bits per heavy atom. The molecule has 0 saturated carbocycles. The van der Waals surface area contributed by atoms with Crippen molar-refractivity contribution >= 4 is 15.9 Å². The van der Waals surface area contributed by atoms with Gasteiger partial charge in [0.1, 0.15) is 0 Å². The van der Waals surface area contributed by atoms with Crippen LogP contribution in [0.15, 0.2) is 0 Å². The van der Waals surface area contributed by atoms with E-state index in [1.807, 2.05) is 0 Å². The SMILES string of the molecule is CN(C)C(C)(C)CC(C)(C)CBr. The fourth-order valence-electron chi connectivity index (χ4n) is 1.38. The standard InChI is InChI=1S/C10H22BrN/c1-9(2,8-11)7-10(3,4)12(5)6/h7-8H2,1-6H3. The van der Waals surface area contributed by atoms with Gasteiger partial charge in [-0.15, -0.1) is 0 Å². The van der Waals surface area contributed by atoms with Crippen molar-refractivity contribution in [3.05, 3.63) is 0 Å². The van der Waals surface area contributed by atoms with Crippen molar-refractivity contribution in [1.29, 1.82) is 0 Å². The number of alkyl halides is 1. The Morgan fingerprint density at radius 3 is 1.75 bits per heavy atom. The van der Waals surface area contributed by atoms with Gasteiger partial charge in [-0.05, 0) is 39.8 Å². The van der Waals surface area contributed by atoms with E-state index in [-0.39, 0.29) is 5.54 Å². The van der Waals surface area contributed by atoms with E-state index in [0.29, 0.717) is 5.41 Å². The van der Waals surface area contributed by atoms with Gasteiger partial charge in [-0.2, -0.15) is 0 Å². The summed E-state index contributed by atoms with van der Waals surface area (Å²) in [5.74, 6) is 0. The Balaban J connectivity index is 4.23. The lowest BCUT2D eigenvalue weighted by atomic mass is 9.81. The highest BCUT2D eigenvalue weighted by atomic mass is 79.9. The van der Waals surface area contributed by atoms with Gasteiger partial charge >= 0.3 is 0 Å². The first-order chi connectivity index (χ1) is 5.21. The highest BCUT2D eigenvalue weighted by Gasteiger charge is 2.29. The summed E-state index contributed by atoms with van der Waals surface area (Å²) in [6, 6.07) is 0. The molecule has 0 aromatic carbocycles. The van der Waals surface area contributed by atoms with E-state index >= 15 is 0 Å². The van der Waals surface area contributed by atoms with Crippen molar-refractivity contribution in [1.82, 2.24) is 4.90 Å². The number of halogens is 1. The number of nitrogens with zero attached hydrogens (tertiary/aromatic N) is 1. The molecule has 0 fully saturated rings. The summed E-state index contributed by atoms with van der Waals surface area (Å²) in [7, 11) is 4.29. The molecule has 0 atom stereocenters. The number of hydrogen-bond donors (Lipinski definition) is 0. The highest BCUT2D eigenvalue weighted by Crippen LogP contribution is 2.31. The molecule has 0 aromatic rings. The maximum absolute atomic E-state index is 3.55. The van der Waals surface area contributed by atoms with Crippen LogP contribution in [0.1, 0.15) is 34.1 Å². The normalized spacial score (nSPS) is 14.0. The molecule has 0 N–H and O–H groups in total. The van der Waals surface area contributed by atoms with E-state index in [1.165, 1.54) is 6.42 Å². The maximum Gasteiger partial charge on any atom is 0.0152 e. The van der Waals surface area contributed by atoms with Crippen LogP contribution in [-0.2, 0) is 0 Å². The summed E-state index contributed by atoms with van der Waals surface area (Å²) in [5, 5.41) is 1.07. The molecule has 0 rings (SSSR count). The molecule has 0 spiro atoms. The largest absolute Gasteiger partial charge is 0.304 e. The molecule has 74 valence electrons. The van der Waals surface area contributed by atoms with Gasteiger partial charge in [0.05, 0.1) is 0 Å². The second-order valence-corrected chi connectivity index (χ2v) is 5.74. The summed E-state index contributed by atoms with van der Waals surface area (Å²) in [6.07, 6.45) is 1.21. The first kappa shape index (κ1) is 12.4. The first-order valence-corrected chi connectivity index (χ1v) is 5.57. The van der Waals surface area contributed by atoms with Crippen LogP contribution in [0, 0.1) is 5.41 Å². The summed E-state index contributed by atoms with van der Waals surface area (Å²) >= 11 is 3.55. The van der Waals surface area contributed by atoms with Crippen LogP contribution in [-0.4, -0.2) is 29.9 Å². The predicted molar refractivity (Wildman–Crippen MR) is 60.0 cm³/mol. The number of hydrogen-bond acceptors (Lipinski definition) is 1. The Morgan fingerprint density at radius 2 is 1.50 bits per heavy atom. The zero-order chi connectivity index (χ0) is 9.99. The minimum absolute atomic E-state index is 0.289. The van der Waals surface area contributed by atoms with Gasteiger partial charge < -0.3 is 4.90 Å². The molecule has 0 heterocycles. The third kappa shape index (κ3) is 3.90. The molecule has 0 saturated heterocycles. The van der Waals surface area contributed by atoms with Gasteiger partial charge in [-0.3, -0.25) is 0 Å². The zero-order valence-electron chi connectivity index (χ0n) is 9.24. The molecule has 1 nitrogen and oxygen atoms in total. The van der Waals surface area contributed by atoms with Gasteiger partial charge in [0.2, 0.25) is 0 Å². The minimum Gasteiger partial charge on any atom is -0.304 e. The van der Waals surface area contributed by atoms with Crippen molar-refractivity contribution in [2.45, 2.75) is 39.7 Å². The Bertz CT molecular complexity index is 139. The molecule has 0 aliphatic carbocycles. The minimum atomic E-state index is 0.289. The van der Waals surface area contributed by atoms with Crippen molar-refractivity contribution in [2.75, 3.05) is 19.4 Å². The van der Waals surface area contributed by atoms with Crippen LogP contribution in [0.3, 0.4) is 0 Å². The first-order valence-electron chi connectivity index (χ1n) is 4.45. The van der Waals surface area contributed by atoms with Crippen LogP contribution in [0.4, 0.5) is 0 Å². The van der Waals surface area contributed by atoms with Crippen molar-refractivity contribution in [2.24, 2.45) is 5.41 Å². The Labute approximate surface area is 85.7 Å². The second-order valence-electron chi connectivity index (χ2n) is 5.18. The fourth-order valence-corrected chi connectivity index (χ4v) is 1.57. The van der Waals surface area contributed by atoms with Gasteiger partial charge in [-0.25, -0.2) is 0 Å². The van der Waals surface area contributed by atoms with Gasteiger partial charge in [0, 0.05) is 10.9 Å². The van der Waals surface area contributed by atoms with E-state index in [0.717, 1.165) is 5.33 Å². The van der Waals surface area contributed by atoms with Crippen LogP contribution < -0.4 is 0 Å². The van der Waals surface area contributed by atoms with Crippen molar-refractivity contribution < 1.29 is 0 Å². The second kappa shape index (κ2) is 4.10. The molecular formula is C10H22BrN. The lowest BCUT2D eigenvalue weighted by Gasteiger charge is -2.39. The Kier molecular flexibility index (Phi) is 4.25. The summed E-state index contributed by atoms with van der Waals surface area (Å²) in [5.41, 5.74) is 0.672. The van der Waals surface area contributed by atoms with E-state index in [1.54, 1.807) is 0 Å². The molecule has 12 heavy (non-hydrogen) atoms. The Hall–Kier alpha value is 0.440. The topological polar surface area (TPSA) is 3.24 Å².